The summed E-state index contributed by atoms with van der Waals surface area (Å²) >= 11 is 2.94. The zero-order valence-electron chi connectivity index (χ0n) is 11.1. The normalized spacial score (nSPS) is 11.6. The number of benzene rings is 1. The smallest absolute Gasteiger partial charge is 0.243 e. The first-order valence-electron chi connectivity index (χ1n) is 5.96. The molecule has 0 fully saturated rings. The van der Waals surface area contributed by atoms with E-state index in [9.17, 15) is 12.8 Å². The molecule has 5 nitrogen and oxygen atoms in total. The number of nitrogens with zero attached hydrogens (tertiary/aromatic N) is 1. The quantitative estimate of drug-likeness (QED) is 0.805. The number of pyridine rings is 1. The summed E-state index contributed by atoms with van der Waals surface area (Å²) in [6, 6.07) is 5.95. The first-order chi connectivity index (χ1) is 9.81. The maximum absolute atomic E-state index is 13.9. The van der Waals surface area contributed by atoms with Gasteiger partial charge in [-0.15, -0.1) is 0 Å². The molecule has 0 unspecified atom stereocenters. The van der Waals surface area contributed by atoms with Crippen LogP contribution in [0.2, 0.25) is 0 Å². The summed E-state index contributed by atoms with van der Waals surface area (Å²) in [4.78, 5) is 3.58. The lowest BCUT2D eigenvalue weighted by molar-refractivity contribution is 0.553. The van der Waals surface area contributed by atoms with Gasteiger partial charge in [-0.05, 0) is 46.6 Å². The van der Waals surface area contributed by atoms with Gasteiger partial charge in [0.2, 0.25) is 10.0 Å². The number of nitrogens with two attached hydrogens (primary N) is 1. The second-order valence-electron chi connectivity index (χ2n) is 4.41. The van der Waals surface area contributed by atoms with Gasteiger partial charge in [0.1, 0.15) is 4.90 Å². The van der Waals surface area contributed by atoms with Crippen LogP contribution in [0, 0.1) is 12.7 Å². The lowest BCUT2D eigenvalue weighted by atomic mass is 10.2. The van der Waals surface area contributed by atoms with Crippen molar-refractivity contribution in [1.82, 2.24) is 9.71 Å². The summed E-state index contributed by atoms with van der Waals surface area (Å²) in [6.07, 6.45) is 1.56. The Labute approximate surface area is 130 Å². The van der Waals surface area contributed by atoms with E-state index in [4.69, 9.17) is 5.73 Å². The van der Waals surface area contributed by atoms with Gasteiger partial charge in [0.05, 0.1) is 16.7 Å². The van der Waals surface area contributed by atoms with E-state index >= 15 is 0 Å². The molecule has 112 valence electrons. The molecule has 0 aliphatic rings. The van der Waals surface area contributed by atoms with E-state index < -0.39 is 20.7 Å². The minimum absolute atomic E-state index is 0.00288. The van der Waals surface area contributed by atoms with Crippen molar-refractivity contribution in [1.29, 1.82) is 0 Å². The van der Waals surface area contributed by atoms with Gasteiger partial charge in [-0.3, -0.25) is 4.98 Å². The molecule has 0 aliphatic heterocycles. The van der Waals surface area contributed by atoms with Crippen molar-refractivity contribution >= 4 is 31.6 Å². The van der Waals surface area contributed by atoms with Crippen molar-refractivity contribution in [2.75, 3.05) is 5.73 Å². The van der Waals surface area contributed by atoms with Crippen LogP contribution in [0.25, 0.3) is 0 Å². The predicted octanol–water partition coefficient (Wildman–Crippen LogP) is 2.35. The van der Waals surface area contributed by atoms with Gasteiger partial charge in [0.15, 0.2) is 5.82 Å². The monoisotopic (exact) mass is 373 g/mol. The lowest BCUT2D eigenvalue weighted by Crippen LogP contribution is -2.25. The number of anilines is 1. The Morgan fingerprint density at radius 1 is 1.43 bits per heavy atom. The van der Waals surface area contributed by atoms with Crippen LogP contribution in [0.15, 0.2) is 39.8 Å². The molecule has 0 atom stereocenters. The minimum atomic E-state index is -4.03. The Hall–Kier alpha value is -1.51. The number of nitrogens with one attached hydrogen (secondary N) is 1. The summed E-state index contributed by atoms with van der Waals surface area (Å²) in [5.41, 5.74) is 7.12. The van der Waals surface area contributed by atoms with Crippen molar-refractivity contribution in [2.45, 2.75) is 18.4 Å². The molecule has 1 aromatic heterocycles. The van der Waals surface area contributed by atoms with Crippen molar-refractivity contribution in [3.8, 4) is 0 Å². The summed E-state index contributed by atoms with van der Waals surface area (Å²) in [5.74, 6) is -0.880. The van der Waals surface area contributed by atoms with Gasteiger partial charge in [0.25, 0.3) is 0 Å². The topological polar surface area (TPSA) is 85.1 Å². The largest absolute Gasteiger partial charge is 0.399 e. The number of hydrogen-bond donors (Lipinski definition) is 2. The van der Waals surface area contributed by atoms with Gasteiger partial charge >= 0.3 is 0 Å². The molecular weight excluding hydrogens is 361 g/mol. The highest BCUT2D eigenvalue weighted by Gasteiger charge is 2.21. The van der Waals surface area contributed by atoms with Gasteiger partial charge < -0.3 is 5.73 Å². The van der Waals surface area contributed by atoms with Crippen molar-refractivity contribution in [3.05, 3.63) is 52.0 Å². The van der Waals surface area contributed by atoms with Crippen LogP contribution >= 0.6 is 15.9 Å². The maximum Gasteiger partial charge on any atom is 0.243 e. The third kappa shape index (κ3) is 3.58. The van der Waals surface area contributed by atoms with E-state index in [0.29, 0.717) is 5.69 Å². The molecular formula is C13H13BrFN3O2S. The summed E-state index contributed by atoms with van der Waals surface area (Å²) < 4.78 is 40.6. The highest BCUT2D eigenvalue weighted by molar-refractivity contribution is 9.10. The van der Waals surface area contributed by atoms with Crippen LogP contribution in [-0.4, -0.2) is 13.4 Å². The average Bonchev–Trinajstić information content (AvgIpc) is 2.42. The number of sulfonamides is 1. The molecule has 0 radical (unpaired) electrons. The molecule has 0 saturated carbocycles. The molecule has 1 aromatic carbocycles. The first kappa shape index (κ1) is 15.9. The zero-order chi connectivity index (χ0) is 15.6. The van der Waals surface area contributed by atoms with E-state index in [1.807, 2.05) is 13.0 Å². The Bertz CT molecular complexity index is 781. The average molecular weight is 374 g/mol. The number of aryl methyl sites for hydroxylation is 1. The van der Waals surface area contributed by atoms with Gasteiger partial charge in [-0.25, -0.2) is 17.5 Å². The standard InChI is InChI=1S/C13H13BrFN3O2S/c1-8-3-2-4-17-11(8)7-18-21(19,20)12-6-9(16)5-10(14)13(12)15/h2-6,18H,7,16H2,1H3. The molecule has 2 aromatic rings. The highest BCUT2D eigenvalue weighted by atomic mass is 79.9. The van der Waals surface area contributed by atoms with Crippen LogP contribution in [0.5, 0.6) is 0 Å². The van der Waals surface area contributed by atoms with E-state index in [1.165, 1.54) is 6.07 Å². The first-order valence-corrected chi connectivity index (χ1v) is 8.23. The predicted molar refractivity (Wildman–Crippen MR) is 81.5 cm³/mol. The van der Waals surface area contributed by atoms with Crippen LogP contribution in [0.1, 0.15) is 11.3 Å². The Morgan fingerprint density at radius 3 is 2.81 bits per heavy atom. The number of rotatable bonds is 4. The summed E-state index contributed by atoms with van der Waals surface area (Å²) in [6.45, 7) is 1.79. The second kappa shape index (κ2) is 6.08. The Balaban J connectivity index is 2.30. The van der Waals surface area contributed by atoms with Crippen LogP contribution < -0.4 is 10.5 Å². The second-order valence-corrected chi connectivity index (χ2v) is 7.00. The molecule has 0 amide bonds. The molecule has 0 aliphatic carbocycles. The zero-order valence-corrected chi connectivity index (χ0v) is 13.5. The van der Waals surface area contributed by atoms with E-state index in [0.717, 1.165) is 11.6 Å². The molecule has 0 saturated heterocycles. The summed E-state index contributed by atoms with van der Waals surface area (Å²) in [5, 5.41) is 0. The van der Waals surface area contributed by atoms with Crippen LogP contribution in [0.3, 0.4) is 0 Å². The molecule has 3 N–H and O–H groups in total. The maximum atomic E-state index is 13.9. The third-order valence-corrected chi connectivity index (χ3v) is 4.83. The third-order valence-electron chi connectivity index (χ3n) is 2.85. The molecule has 1 heterocycles. The fourth-order valence-electron chi connectivity index (χ4n) is 1.72. The van der Waals surface area contributed by atoms with Gasteiger partial charge in [0, 0.05) is 11.9 Å². The van der Waals surface area contributed by atoms with Crippen molar-refractivity contribution < 1.29 is 12.8 Å². The Kier molecular flexibility index (Phi) is 4.60. The van der Waals surface area contributed by atoms with E-state index in [1.54, 1.807) is 12.3 Å². The van der Waals surface area contributed by atoms with Crippen molar-refractivity contribution in [3.63, 3.8) is 0 Å². The number of halogens is 2. The van der Waals surface area contributed by atoms with Gasteiger partial charge in [-0.2, -0.15) is 0 Å². The lowest BCUT2D eigenvalue weighted by Gasteiger charge is -2.10. The molecule has 21 heavy (non-hydrogen) atoms. The number of nitrogen functional groups attached to an aromatic ring is 1. The minimum Gasteiger partial charge on any atom is -0.399 e. The molecule has 2 rings (SSSR count). The van der Waals surface area contributed by atoms with E-state index in [-0.39, 0.29) is 16.7 Å². The summed E-state index contributed by atoms with van der Waals surface area (Å²) in [7, 11) is -4.03. The van der Waals surface area contributed by atoms with Crippen molar-refractivity contribution in [2.24, 2.45) is 0 Å². The SMILES string of the molecule is Cc1cccnc1CNS(=O)(=O)c1cc(N)cc(Br)c1F. The van der Waals surface area contributed by atoms with E-state index in [2.05, 4.69) is 25.6 Å². The molecule has 0 spiro atoms. The number of aromatic nitrogens is 1. The fraction of sp³-hybridized carbons (Fsp3) is 0.154. The van der Waals surface area contributed by atoms with Gasteiger partial charge in [-0.1, -0.05) is 6.07 Å². The Morgan fingerprint density at radius 2 is 2.14 bits per heavy atom. The highest BCUT2D eigenvalue weighted by Crippen LogP contribution is 2.26. The number of hydrogen-bond acceptors (Lipinski definition) is 4. The molecule has 0 bridgehead atoms. The van der Waals surface area contributed by atoms with Crippen LogP contribution in [-0.2, 0) is 16.6 Å². The fourth-order valence-corrected chi connectivity index (χ4v) is 3.45. The molecule has 8 heteroatoms. The van der Waals surface area contributed by atoms with Crippen LogP contribution in [0.4, 0.5) is 10.1 Å².